The Hall–Kier alpha value is -0.560. The van der Waals surface area contributed by atoms with E-state index in [2.05, 4.69) is 18.7 Å². The van der Waals surface area contributed by atoms with E-state index in [1.807, 2.05) is 6.08 Å². The van der Waals surface area contributed by atoms with Gasteiger partial charge in [0, 0.05) is 5.92 Å². The van der Waals surface area contributed by atoms with Crippen LogP contribution in [0.5, 0.6) is 0 Å². The molecule has 0 amide bonds. The Labute approximate surface area is 73.8 Å². The van der Waals surface area contributed by atoms with Crippen LogP contribution >= 0.6 is 0 Å². The number of fused-ring (bicyclic) bond motifs is 2. The van der Waals surface area contributed by atoms with Gasteiger partial charge in [-0.15, -0.1) is 6.58 Å². The molecule has 0 aromatic heterocycles. The predicted molar refractivity (Wildman–Crippen MR) is 49.7 cm³/mol. The van der Waals surface area contributed by atoms with Gasteiger partial charge in [-0.3, -0.25) is 0 Å². The molecule has 0 saturated heterocycles. The maximum Gasteiger partial charge on any atom is 0.0749 e. The molecule has 0 aromatic carbocycles. The molecule has 12 heavy (non-hydrogen) atoms. The van der Waals surface area contributed by atoms with Crippen molar-refractivity contribution in [3.8, 4) is 0 Å². The molecule has 3 aliphatic rings. The van der Waals surface area contributed by atoms with E-state index < -0.39 is 5.60 Å². The Morgan fingerprint density at radius 2 is 2.33 bits per heavy atom. The van der Waals surface area contributed by atoms with Crippen molar-refractivity contribution in [1.82, 2.24) is 0 Å². The molecule has 3 unspecified atom stereocenters. The molecule has 0 aliphatic heterocycles. The Balaban J connectivity index is 2.19. The van der Waals surface area contributed by atoms with Crippen molar-refractivity contribution < 1.29 is 5.11 Å². The predicted octanol–water partition coefficient (Wildman–Crippen LogP) is 2.28. The van der Waals surface area contributed by atoms with Crippen LogP contribution in [0.25, 0.3) is 0 Å². The topological polar surface area (TPSA) is 20.2 Å². The van der Waals surface area contributed by atoms with Gasteiger partial charge in [0.25, 0.3) is 0 Å². The van der Waals surface area contributed by atoms with Gasteiger partial charge < -0.3 is 5.11 Å². The summed E-state index contributed by atoms with van der Waals surface area (Å²) in [5.41, 5.74) is -0.459. The highest BCUT2D eigenvalue weighted by atomic mass is 16.3. The zero-order valence-corrected chi connectivity index (χ0v) is 7.37. The molecule has 1 fully saturated rings. The molecular formula is C11H16O. The fourth-order valence-electron chi connectivity index (χ4n) is 2.59. The van der Waals surface area contributed by atoms with Crippen molar-refractivity contribution in [3.63, 3.8) is 0 Å². The number of hydrogen-bond donors (Lipinski definition) is 1. The van der Waals surface area contributed by atoms with Gasteiger partial charge in [-0.1, -0.05) is 18.2 Å². The van der Waals surface area contributed by atoms with Gasteiger partial charge in [0.15, 0.2) is 0 Å². The van der Waals surface area contributed by atoms with Crippen molar-refractivity contribution in [2.24, 2.45) is 11.8 Å². The van der Waals surface area contributed by atoms with Gasteiger partial charge in [0.05, 0.1) is 5.60 Å². The van der Waals surface area contributed by atoms with Crippen molar-refractivity contribution in [2.75, 3.05) is 0 Å². The van der Waals surface area contributed by atoms with Gasteiger partial charge in [-0.25, -0.2) is 0 Å². The Kier molecular flexibility index (Phi) is 1.84. The first-order valence-corrected chi connectivity index (χ1v) is 4.76. The third-order valence-corrected chi connectivity index (χ3v) is 3.27. The first-order chi connectivity index (χ1) is 5.74. The molecule has 0 spiro atoms. The van der Waals surface area contributed by atoms with E-state index in [-0.39, 0.29) is 0 Å². The lowest BCUT2D eigenvalue weighted by atomic mass is 9.65. The lowest BCUT2D eigenvalue weighted by Gasteiger charge is -2.44. The molecule has 1 saturated carbocycles. The minimum atomic E-state index is -0.459. The van der Waals surface area contributed by atoms with Crippen LogP contribution in [0.3, 0.4) is 0 Å². The van der Waals surface area contributed by atoms with Crippen molar-refractivity contribution in [2.45, 2.75) is 31.3 Å². The molecule has 0 aromatic rings. The molecule has 2 bridgehead atoms. The van der Waals surface area contributed by atoms with E-state index in [4.69, 9.17) is 0 Å². The van der Waals surface area contributed by atoms with Crippen LogP contribution in [0.4, 0.5) is 0 Å². The monoisotopic (exact) mass is 164 g/mol. The minimum absolute atomic E-state index is 0.389. The third-order valence-electron chi connectivity index (χ3n) is 3.27. The molecule has 1 heteroatoms. The van der Waals surface area contributed by atoms with E-state index in [0.717, 1.165) is 19.3 Å². The van der Waals surface area contributed by atoms with E-state index >= 15 is 0 Å². The first kappa shape index (κ1) is 8.06. The van der Waals surface area contributed by atoms with E-state index in [0.29, 0.717) is 11.8 Å². The molecule has 0 radical (unpaired) electrons. The summed E-state index contributed by atoms with van der Waals surface area (Å²) in [5.74, 6) is 1.01. The van der Waals surface area contributed by atoms with Crippen LogP contribution in [-0.4, -0.2) is 10.7 Å². The van der Waals surface area contributed by atoms with Gasteiger partial charge in [0.1, 0.15) is 0 Å². The lowest BCUT2D eigenvalue weighted by Crippen LogP contribution is -2.44. The van der Waals surface area contributed by atoms with Gasteiger partial charge in [-0.2, -0.15) is 0 Å². The van der Waals surface area contributed by atoms with Crippen LogP contribution in [0.15, 0.2) is 24.8 Å². The summed E-state index contributed by atoms with van der Waals surface area (Å²) in [6.45, 7) is 3.70. The lowest BCUT2D eigenvalue weighted by molar-refractivity contribution is -0.0464. The smallest absolute Gasteiger partial charge is 0.0749 e. The second-order valence-electron chi connectivity index (χ2n) is 4.13. The van der Waals surface area contributed by atoms with Crippen molar-refractivity contribution in [1.29, 1.82) is 0 Å². The van der Waals surface area contributed by atoms with Gasteiger partial charge in [-0.05, 0) is 31.6 Å². The second kappa shape index (κ2) is 2.74. The highest BCUT2D eigenvalue weighted by Crippen LogP contribution is 2.44. The van der Waals surface area contributed by atoms with Crippen molar-refractivity contribution >= 4 is 0 Å². The van der Waals surface area contributed by atoms with E-state index in [1.165, 1.54) is 6.42 Å². The van der Waals surface area contributed by atoms with Crippen molar-refractivity contribution in [3.05, 3.63) is 24.8 Å². The largest absolute Gasteiger partial charge is 0.389 e. The number of allylic oxidation sites excluding steroid dienone is 1. The summed E-state index contributed by atoms with van der Waals surface area (Å²) in [6, 6.07) is 0. The number of rotatable bonds is 2. The summed E-state index contributed by atoms with van der Waals surface area (Å²) in [6.07, 6.45) is 10.4. The Morgan fingerprint density at radius 3 is 2.75 bits per heavy atom. The maximum atomic E-state index is 10.2. The van der Waals surface area contributed by atoms with Gasteiger partial charge in [0.2, 0.25) is 0 Å². The van der Waals surface area contributed by atoms with Crippen LogP contribution < -0.4 is 0 Å². The zero-order chi connectivity index (χ0) is 8.60. The Morgan fingerprint density at radius 1 is 1.50 bits per heavy atom. The third kappa shape index (κ3) is 1.13. The van der Waals surface area contributed by atoms with Crippen LogP contribution in [0.1, 0.15) is 25.7 Å². The molecular weight excluding hydrogens is 148 g/mol. The highest BCUT2D eigenvalue weighted by molar-refractivity contribution is 5.13. The average Bonchev–Trinajstić information content (AvgIpc) is 2.05. The fourth-order valence-corrected chi connectivity index (χ4v) is 2.59. The zero-order valence-electron chi connectivity index (χ0n) is 7.37. The summed E-state index contributed by atoms with van der Waals surface area (Å²) >= 11 is 0. The normalized spacial score (nSPS) is 44.8. The molecule has 3 atom stereocenters. The van der Waals surface area contributed by atoms with Crippen LogP contribution in [-0.2, 0) is 0 Å². The summed E-state index contributed by atoms with van der Waals surface area (Å²) < 4.78 is 0. The first-order valence-electron chi connectivity index (χ1n) is 4.76. The molecule has 3 rings (SSSR count). The Bertz CT molecular complexity index is 219. The summed E-state index contributed by atoms with van der Waals surface area (Å²) in [4.78, 5) is 0. The van der Waals surface area contributed by atoms with Crippen LogP contribution in [0.2, 0.25) is 0 Å². The molecule has 0 heterocycles. The molecule has 1 N–H and O–H groups in total. The highest BCUT2D eigenvalue weighted by Gasteiger charge is 2.42. The minimum Gasteiger partial charge on any atom is -0.389 e. The fraction of sp³-hybridized carbons (Fsp3) is 0.636. The van der Waals surface area contributed by atoms with Gasteiger partial charge >= 0.3 is 0 Å². The number of aliphatic hydroxyl groups is 1. The SMILES string of the molecule is C=CCC1(O)CC2C=CC1CC2. The standard InChI is InChI=1S/C11H16O/c1-2-7-11(12)8-9-3-5-10(11)6-4-9/h2-3,5,9-10,12H,1,4,6-8H2. The average molecular weight is 164 g/mol. The quantitative estimate of drug-likeness (QED) is 0.621. The summed E-state index contributed by atoms with van der Waals surface area (Å²) in [5, 5.41) is 10.2. The molecule has 3 aliphatic carbocycles. The van der Waals surface area contributed by atoms with Crippen LogP contribution in [0, 0.1) is 11.8 Å². The number of hydrogen-bond acceptors (Lipinski definition) is 1. The summed E-state index contributed by atoms with van der Waals surface area (Å²) in [7, 11) is 0. The molecule has 1 nitrogen and oxygen atoms in total. The molecule has 66 valence electrons. The second-order valence-corrected chi connectivity index (χ2v) is 4.13. The maximum absolute atomic E-state index is 10.2. The van der Waals surface area contributed by atoms with E-state index in [1.54, 1.807) is 0 Å². The van der Waals surface area contributed by atoms with E-state index in [9.17, 15) is 5.11 Å².